The molecule has 1 N–H and O–H groups in total. The predicted molar refractivity (Wildman–Crippen MR) is 76.3 cm³/mol. The van der Waals surface area contributed by atoms with Crippen molar-refractivity contribution in [2.24, 2.45) is 5.92 Å². The van der Waals surface area contributed by atoms with E-state index in [9.17, 15) is 4.39 Å². The monoisotopic (exact) mass is 272 g/mol. The lowest BCUT2D eigenvalue weighted by Gasteiger charge is -2.21. The molecule has 0 bridgehead atoms. The zero-order valence-corrected chi connectivity index (χ0v) is 11.3. The first-order chi connectivity index (χ1) is 9.78. The first kappa shape index (κ1) is 12.9. The Morgan fingerprint density at radius 3 is 2.65 bits per heavy atom. The minimum absolute atomic E-state index is 0.175. The first-order valence-electron chi connectivity index (χ1n) is 6.79. The molecule has 0 spiro atoms. The molecule has 20 heavy (non-hydrogen) atoms. The Balaban J connectivity index is 1.86. The van der Waals surface area contributed by atoms with Crippen molar-refractivity contribution in [1.29, 1.82) is 0 Å². The number of anilines is 1. The second-order valence-corrected chi connectivity index (χ2v) is 5.07. The molecule has 104 valence electrons. The molecule has 1 unspecified atom stereocenters. The van der Waals surface area contributed by atoms with E-state index in [-0.39, 0.29) is 11.9 Å². The summed E-state index contributed by atoms with van der Waals surface area (Å²) in [6.07, 6.45) is 4.09. The molecule has 1 aromatic carbocycles. The van der Waals surface area contributed by atoms with E-state index >= 15 is 0 Å². The minimum atomic E-state index is -0.206. The van der Waals surface area contributed by atoms with Crippen LogP contribution in [0, 0.1) is 11.7 Å². The van der Waals surface area contributed by atoms with Crippen LogP contribution in [0.1, 0.15) is 24.4 Å². The summed E-state index contributed by atoms with van der Waals surface area (Å²) in [5.74, 6) is 0.966. The van der Waals surface area contributed by atoms with Crippen LogP contribution in [-0.2, 0) is 0 Å². The number of nitrogens with one attached hydrogen (secondary N) is 1. The molecular weight excluding hydrogens is 255 g/mol. The Kier molecular flexibility index (Phi) is 3.54. The van der Waals surface area contributed by atoms with Crippen LogP contribution < -0.4 is 10.1 Å². The Hall–Kier alpha value is -2.10. The number of aromatic nitrogens is 1. The molecule has 0 amide bonds. The number of methoxy groups -OCH3 is 1. The second-order valence-electron chi connectivity index (χ2n) is 5.07. The molecule has 1 aliphatic rings. The van der Waals surface area contributed by atoms with Gasteiger partial charge in [0.25, 0.3) is 0 Å². The molecule has 3 nitrogen and oxygen atoms in total. The van der Waals surface area contributed by atoms with Gasteiger partial charge in [-0.3, -0.25) is 0 Å². The highest BCUT2D eigenvalue weighted by Gasteiger charge is 2.32. The van der Waals surface area contributed by atoms with E-state index in [0.29, 0.717) is 11.8 Å². The molecule has 0 aliphatic heterocycles. The summed E-state index contributed by atoms with van der Waals surface area (Å²) in [6, 6.07) is 10.7. The molecular formula is C16H17FN2O. The van der Waals surface area contributed by atoms with Gasteiger partial charge in [0, 0.05) is 6.20 Å². The highest BCUT2D eigenvalue weighted by molar-refractivity contribution is 5.54. The zero-order chi connectivity index (χ0) is 13.9. The summed E-state index contributed by atoms with van der Waals surface area (Å²) in [7, 11) is 1.61. The normalized spacial score (nSPS) is 15.7. The van der Waals surface area contributed by atoms with Gasteiger partial charge in [0.15, 0.2) is 0 Å². The Bertz CT molecular complexity index is 581. The van der Waals surface area contributed by atoms with Gasteiger partial charge in [-0.25, -0.2) is 9.37 Å². The van der Waals surface area contributed by atoms with Crippen molar-refractivity contribution in [2.75, 3.05) is 12.4 Å². The fourth-order valence-electron chi connectivity index (χ4n) is 2.40. The summed E-state index contributed by atoms with van der Waals surface area (Å²) in [4.78, 5) is 4.19. The third-order valence-corrected chi connectivity index (χ3v) is 3.60. The molecule has 4 heteroatoms. The Morgan fingerprint density at radius 1 is 1.25 bits per heavy atom. The summed E-state index contributed by atoms with van der Waals surface area (Å²) in [5, 5.41) is 3.49. The van der Waals surface area contributed by atoms with E-state index in [4.69, 9.17) is 4.74 Å². The van der Waals surface area contributed by atoms with Crippen LogP contribution in [0.2, 0.25) is 0 Å². The smallest absolute Gasteiger partial charge is 0.237 e. The highest BCUT2D eigenvalue weighted by atomic mass is 19.1. The van der Waals surface area contributed by atoms with Crippen LogP contribution in [-0.4, -0.2) is 12.1 Å². The average Bonchev–Trinajstić information content (AvgIpc) is 3.31. The summed E-state index contributed by atoms with van der Waals surface area (Å²) in [5.41, 5.74) is 1.97. The van der Waals surface area contributed by atoms with Gasteiger partial charge in [-0.15, -0.1) is 0 Å². The Morgan fingerprint density at radius 2 is 2.00 bits per heavy atom. The molecule has 0 radical (unpaired) electrons. The summed E-state index contributed by atoms with van der Waals surface area (Å²) in [6.45, 7) is 0. The van der Waals surface area contributed by atoms with Gasteiger partial charge in [0.2, 0.25) is 5.88 Å². The number of nitrogens with zero attached hydrogens (tertiary/aromatic N) is 1. The fraction of sp³-hybridized carbons (Fsp3) is 0.312. The maximum atomic E-state index is 13.1. The number of hydrogen-bond acceptors (Lipinski definition) is 3. The van der Waals surface area contributed by atoms with E-state index in [2.05, 4.69) is 10.3 Å². The van der Waals surface area contributed by atoms with Gasteiger partial charge >= 0.3 is 0 Å². The van der Waals surface area contributed by atoms with Crippen molar-refractivity contribution in [1.82, 2.24) is 4.98 Å². The fourth-order valence-corrected chi connectivity index (χ4v) is 2.40. The highest BCUT2D eigenvalue weighted by Crippen LogP contribution is 2.43. The standard InChI is InChI=1S/C16H17FN2O/c1-20-16-14(3-2-10-18-16)19-15(11-4-5-11)12-6-8-13(17)9-7-12/h2-3,6-11,15,19H,4-5H2,1H3. The molecule has 1 heterocycles. The van der Waals surface area contributed by atoms with Crippen molar-refractivity contribution in [3.8, 4) is 5.88 Å². The van der Waals surface area contributed by atoms with Gasteiger partial charge in [-0.1, -0.05) is 12.1 Å². The van der Waals surface area contributed by atoms with E-state index in [0.717, 1.165) is 11.3 Å². The van der Waals surface area contributed by atoms with Crippen molar-refractivity contribution < 1.29 is 9.13 Å². The van der Waals surface area contributed by atoms with Gasteiger partial charge < -0.3 is 10.1 Å². The number of pyridine rings is 1. The van der Waals surface area contributed by atoms with Crippen LogP contribution in [0.25, 0.3) is 0 Å². The van der Waals surface area contributed by atoms with Crippen molar-refractivity contribution in [3.63, 3.8) is 0 Å². The molecule has 1 aromatic heterocycles. The van der Waals surface area contributed by atoms with Crippen molar-refractivity contribution in [3.05, 3.63) is 54.0 Å². The minimum Gasteiger partial charge on any atom is -0.480 e. The predicted octanol–water partition coefficient (Wildman–Crippen LogP) is 3.79. The van der Waals surface area contributed by atoms with Gasteiger partial charge in [-0.05, 0) is 48.6 Å². The summed E-state index contributed by atoms with van der Waals surface area (Å²) >= 11 is 0. The van der Waals surface area contributed by atoms with Crippen molar-refractivity contribution in [2.45, 2.75) is 18.9 Å². The second kappa shape index (κ2) is 5.49. The van der Waals surface area contributed by atoms with Crippen LogP contribution in [0.5, 0.6) is 5.88 Å². The van der Waals surface area contributed by atoms with E-state index < -0.39 is 0 Å². The molecule has 1 atom stereocenters. The topological polar surface area (TPSA) is 34.1 Å². The van der Waals surface area contributed by atoms with E-state index in [1.807, 2.05) is 24.3 Å². The number of rotatable bonds is 5. The van der Waals surface area contributed by atoms with Gasteiger partial charge in [-0.2, -0.15) is 0 Å². The lowest BCUT2D eigenvalue weighted by atomic mass is 10.0. The molecule has 0 saturated heterocycles. The van der Waals surface area contributed by atoms with E-state index in [1.165, 1.54) is 25.0 Å². The summed E-state index contributed by atoms with van der Waals surface area (Å²) < 4.78 is 18.3. The molecule has 3 rings (SSSR count). The molecule has 1 saturated carbocycles. The van der Waals surface area contributed by atoms with Gasteiger partial charge in [0.05, 0.1) is 18.8 Å². The Labute approximate surface area is 117 Å². The number of halogens is 1. The first-order valence-corrected chi connectivity index (χ1v) is 6.79. The molecule has 2 aromatic rings. The third-order valence-electron chi connectivity index (χ3n) is 3.60. The molecule has 1 fully saturated rings. The lowest BCUT2D eigenvalue weighted by Crippen LogP contribution is -2.14. The maximum absolute atomic E-state index is 13.1. The van der Waals surface area contributed by atoms with Crippen LogP contribution in [0.3, 0.4) is 0 Å². The van der Waals surface area contributed by atoms with Crippen molar-refractivity contribution >= 4 is 5.69 Å². The van der Waals surface area contributed by atoms with Crippen LogP contribution in [0.4, 0.5) is 10.1 Å². The zero-order valence-electron chi connectivity index (χ0n) is 11.3. The average molecular weight is 272 g/mol. The quantitative estimate of drug-likeness (QED) is 0.899. The van der Waals surface area contributed by atoms with E-state index in [1.54, 1.807) is 13.3 Å². The maximum Gasteiger partial charge on any atom is 0.237 e. The van der Waals surface area contributed by atoms with Crippen LogP contribution in [0.15, 0.2) is 42.6 Å². The van der Waals surface area contributed by atoms with Crippen LogP contribution >= 0.6 is 0 Å². The number of ether oxygens (including phenoxy) is 1. The molecule has 1 aliphatic carbocycles. The lowest BCUT2D eigenvalue weighted by molar-refractivity contribution is 0.399. The number of hydrogen-bond donors (Lipinski definition) is 1. The SMILES string of the molecule is COc1ncccc1NC(c1ccc(F)cc1)C1CC1. The number of benzene rings is 1. The largest absolute Gasteiger partial charge is 0.480 e. The third kappa shape index (κ3) is 2.74. The van der Waals surface area contributed by atoms with Gasteiger partial charge in [0.1, 0.15) is 5.82 Å².